The topological polar surface area (TPSA) is 91.4 Å². The molecule has 7 nitrogen and oxygen atoms in total. The fourth-order valence-corrected chi connectivity index (χ4v) is 5.54. The maximum Gasteiger partial charge on any atom is 0.280 e. The summed E-state index contributed by atoms with van der Waals surface area (Å²) in [4.78, 5) is 17.1. The highest BCUT2D eigenvalue weighted by atomic mass is 35.5. The van der Waals surface area contributed by atoms with Crippen molar-refractivity contribution in [3.63, 3.8) is 0 Å². The fraction of sp³-hybridized carbons (Fsp3) is 0.412. The Balaban J connectivity index is 1.87. The minimum absolute atomic E-state index is 0.126. The molecule has 0 saturated carbocycles. The van der Waals surface area contributed by atoms with Crippen LogP contribution in [0.2, 0.25) is 5.02 Å². The maximum absolute atomic E-state index is 13.4. The van der Waals surface area contributed by atoms with E-state index < -0.39 is 34.0 Å². The van der Waals surface area contributed by atoms with E-state index in [9.17, 15) is 17.6 Å². The number of benzene rings is 1. The number of thiazole rings is 1. The van der Waals surface area contributed by atoms with Crippen LogP contribution in [0.5, 0.6) is 0 Å². The minimum atomic E-state index is -3.87. The highest BCUT2D eigenvalue weighted by Crippen LogP contribution is 2.31. The second-order valence-corrected chi connectivity index (χ2v) is 9.37. The zero-order valence-electron chi connectivity index (χ0n) is 15.1. The van der Waals surface area contributed by atoms with Crippen molar-refractivity contribution in [2.45, 2.75) is 38.3 Å². The Morgan fingerprint density at radius 3 is 2.93 bits per heavy atom. The summed E-state index contributed by atoms with van der Waals surface area (Å²) in [6.45, 7) is 2.16. The highest BCUT2D eigenvalue weighted by Gasteiger charge is 2.43. The van der Waals surface area contributed by atoms with Gasteiger partial charge in [0.25, 0.3) is 10.2 Å². The predicted octanol–water partition coefficient (Wildman–Crippen LogP) is 3.32. The van der Waals surface area contributed by atoms with Gasteiger partial charge in [0, 0.05) is 23.8 Å². The van der Waals surface area contributed by atoms with Gasteiger partial charge in [0.1, 0.15) is 16.9 Å². The monoisotopic (exact) mass is 446 g/mol. The van der Waals surface area contributed by atoms with Crippen LogP contribution < -0.4 is 10.0 Å². The molecule has 1 aliphatic rings. The molecule has 1 amide bonds. The molecule has 0 spiro atoms. The van der Waals surface area contributed by atoms with Crippen LogP contribution in [0.3, 0.4) is 0 Å². The third-order valence-electron chi connectivity index (χ3n) is 4.38. The number of nitrogens with zero attached hydrogens (tertiary/aromatic N) is 2. The minimum Gasteiger partial charge on any atom is -0.325 e. The van der Waals surface area contributed by atoms with Gasteiger partial charge < -0.3 is 5.32 Å². The summed E-state index contributed by atoms with van der Waals surface area (Å²) in [6, 6.07) is 2.30. The lowest BCUT2D eigenvalue weighted by molar-refractivity contribution is -0.120. The number of anilines is 1. The SMILES string of the molecule is CCCCN1C(C(=O)Nc2ccc(F)c(Cl)c2)CC(c2nccs2)NS1(=O)=O. The van der Waals surface area contributed by atoms with Crippen molar-refractivity contribution in [2.24, 2.45) is 0 Å². The van der Waals surface area contributed by atoms with Crippen LogP contribution >= 0.6 is 22.9 Å². The first-order valence-corrected chi connectivity index (χ1v) is 11.5. The van der Waals surface area contributed by atoms with Gasteiger partial charge in [-0.25, -0.2) is 9.37 Å². The van der Waals surface area contributed by atoms with Crippen LogP contribution in [-0.2, 0) is 15.0 Å². The second kappa shape index (κ2) is 8.83. The van der Waals surface area contributed by atoms with E-state index in [0.717, 1.165) is 12.5 Å². The molecule has 152 valence electrons. The average molecular weight is 447 g/mol. The van der Waals surface area contributed by atoms with Crippen molar-refractivity contribution in [3.05, 3.63) is 45.6 Å². The molecule has 1 saturated heterocycles. The van der Waals surface area contributed by atoms with Gasteiger partial charge in [-0.05, 0) is 31.0 Å². The van der Waals surface area contributed by atoms with Crippen molar-refractivity contribution in [1.82, 2.24) is 14.0 Å². The molecule has 2 atom stereocenters. The lowest BCUT2D eigenvalue weighted by Gasteiger charge is -2.37. The lowest BCUT2D eigenvalue weighted by Crippen LogP contribution is -2.57. The molecular weight excluding hydrogens is 427 g/mol. The Morgan fingerprint density at radius 2 is 2.29 bits per heavy atom. The number of halogens is 2. The van der Waals surface area contributed by atoms with E-state index in [-0.39, 0.29) is 18.0 Å². The van der Waals surface area contributed by atoms with Crippen LogP contribution in [0, 0.1) is 5.82 Å². The number of rotatable bonds is 6. The summed E-state index contributed by atoms with van der Waals surface area (Å²) in [7, 11) is -3.87. The van der Waals surface area contributed by atoms with Gasteiger partial charge in [-0.2, -0.15) is 17.4 Å². The molecule has 0 aliphatic carbocycles. The Bertz CT molecular complexity index is 940. The summed E-state index contributed by atoms with van der Waals surface area (Å²) >= 11 is 7.09. The molecule has 1 fully saturated rings. The number of carbonyl (C=O) groups excluding carboxylic acids is 1. The number of aromatic nitrogens is 1. The molecule has 2 aromatic rings. The Morgan fingerprint density at radius 1 is 1.50 bits per heavy atom. The van der Waals surface area contributed by atoms with Gasteiger partial charge in [0.05, 0.1) is 11.1 Å². The van der Waals surface area contributed by atoms with Gasteiger partial charge >= 0.3 is 0 Å². The van der Waals surface area contributed by atoms with E-state index in [2.05, 4.69) is 15.0 Å². The zero-order valence-corrected chi connectivity index (χ0v) is 17.5. The summed E-state index contributed by atoms with van der Waals surface area (Å²) in [5, 5.41) is 4.87. The number of carbonyl (C=O) groups is 1. The van der Waals surface area contributed by atoms with Crippen LogP contribution in [0.4, 0.5) is 10.1 Å². The average Bonchev–Trinajstić information content (AvgIpc) is 3.17. The molecule has 2 N–H and O–H groups in total. The van der Waals surface area contributed by atoms with Crippen molar-refractivity contribution in [2.75, 3.05) is 11.9 Å². The molecule has 28 heavy (non-hydrogen) atoms. The molecule has 1 aromatic carbocycles. The molecule has 0 radical (unpaired) electrons. The van der Waals surface area contributed by atoms with Crippen molar-refractivity contribution in [1.29, 1.82) is 0 Å². The normalized spacial score (nSPS) is 22.1. The Labute approximate surface area is 172 Å². The summed E-state index contributed by atoms with van der Waals surface area (Å²) in [5.41, 5.74) is 0.300. The molecule has 2 heterocycles. The molecule has 1 aliphatic heterocycles. The summed E-state index contributed by atoms with van der Waals surface area (Å²) in [5.74, 6) is -1.09. The van der Waals surface area contributed by atoms with E-state index in [1.165, 1.54) is 27.8 Å². The Kier molecular flexibility index (Phi) is 6.66. The van der Waals surface area contributed by atoms with E-state index in [1.807, 2.05) is 6.92 Å². The molecule has 0 bridgehead atoms. The number of unbranched alkanes of at least 4 members (excludes halogenated alkanes) is 1. The number of hydrogen-bond donors (Lipinski definition) is 2. The van der Waals surface area contributed by atoms with Crippen LogP contribution in [0.15, 0.2) is 29.8 Å². The molecule has 1 aromatic heterocycles. The van der Waals surface area contributed by atoms with E-state index >= 15 is 0 Å². The first-order valence-electron chi connectivity index (χ1n) is 8.76. The Hall–Kier alpha value is -1.59. The van der Waals surface area contributed by atoms with Gasteiger partial charge in [-0.3, -0.25) is 4.79 Å². The van der Waals surface area contributed by atoms with Gasteiger partial charge in [0.2, 0.25) is 5.91 Å². The maximum atomic E-state index is 13.4. The van der Waals surface area contributed by atoms with Crippen molar-refractivity contribution >= 4 is 44.7 Å². The van der Waals surface area contributed by atoms with Gasteiger partial charge in [0.15, 0.2) is 0 Å². The van der Waals surface area contributed by atoms with Crippen LogP contribution in [0.25, 0.3) is 0 Å². The third-order valence-corrected chi connectivity index (χ3v) is 7.19. The fourth-order valence-electron chi connectivity index (χ4n) is 2.99. The van der Waals surface area contributed by atoms with E-state index in [0.29, 0.717) is 17.1 Å². The quantitative estimate of drug-likeness (QED) is 0.712. The second-order valence-electron chi connectivity index (χ2n) is 6.38. The zero-order chi connectivity index (χ0) is 20.3. The van der Waals surface area contributed by atoms with Crippen molar-refractivity contribution < 1.29 is 17.6 Å². The number of amides is 1. The highest BCUT2D eigenvalue weighted by molar-refractivity contribution is 7.87. The number of nitrogens with one attached hydrogen (secondary N) is 2. The van der Waals surface area contributed by atoms with Crippen molar-refractivity contribution in [3.8, 4) is 0 Å². The summed E-state index contributed by atoms with van der Waals surface area (Å²) in [6.07, 6.45) is 3.23. The predicted molar refractivity (Wildman–Crippen MR) is 107 cm³/mol. The lowest BCUT2D eigenvalue weighted by atomic mass is 10.1. The van der Waals surface area contributed by atoms with Gasteiger partial charge in [-0.15, -0.1) is 11.3 Å². The smallest absolute Gasteiger partial charge is 0.280 e. The van der Waals surface area contributed by atoms with E-state index in [1.54, 1.807) is 11.6 Å². The van der Waals surface area contributed by atoms with E-state index in [4.69, 9.17) is 11.6 Å². The summed E-state index contributed by atoms with van der Waals surface area (Å²) < 4.78 is 42.8. The van der Waals surface area contributed by atoms with Gasteiger partial charge in [-0.1, -0.05) is 24.9 Å². The first-order chi connectivity index (χ1) is 13.3. The molecule has 11 heteroatoms. The molecule has 2 unspecified atom stereocenters. The molecular formula is C17H20ClFN4O3S2. The standard InChI is InChI=1S/C17H20ClFN4O3S2/c1-2-3-7-23-15(16(24)21-11-4-5-13(19)12(18)9-11)10-14(22-28(23,25)26)17-20-6-8-27-17/h4-6,8-9,14-15,22H,2-3,7,10H2,1H3,(H,21,24). The van der Waals surface area contributed by atoms with Crippen LogP contribution in [-0.4, -0.2) is 36.2 Å². The third kappa shape index (κ3) is 4.69. The first kappa shape index (κ1) is 21.1. The van der Waals surface area contributed by atoms with Crippen LogP contribution in [0.1, 0.15) is 37.2 Å². The number of hydrogen-bond acceptors (Lipinski definition) is 5. The largest absolute Gasteiger partial charge is 0.325 e. The molecule has 3 rings (SSSR count).